The molecule has 1 fully saturated rings. The molecule has 2 heteroatoms. The molecule has 0 amide bonds. The van der Waals surface area contributed by atoms with Crippen LogP contribution in [0.2, 0.25) is 0 Å². The van der Waals surface area contributed by atoms with Gasteiger partial charge in [0.1, 0.15) is 0 Å². The van der Waals surface area contributed by atoms with Crippen LogP contribution in [-0.4, -0.2) is 25.0 Å². The fraction of sp³-hybridized carbons (Fsp3) is 0.625. The first-order valence-electron chi connectivity index (χ1n) is 7.12. The van der Waals surface area contributed by atoms with Crippen molar-refractivity contribution in [3.05, 3.63) is 35.4 Å². The monoisotopic (exact) mass is 246 g/mol. The first-order valence-corrected chi connectivity index (χ1v) is 7.12. The van der Waals surface area contributed by atoms with E-state index in [4.69, 9.17) is 0 Å². The van der Waals surface area contributed by atoms with Gasteiger partial charge in [-0.15, -0.1) is 0 Å². The normalized spacial score (nSPS) is 25.3. The Bertz CT molecular complexity index is 365. The van der Waals surface area contributed by atoms with E-state index in [1.54, 1.807) is 0 Å². The van der Waals surface area contributed by atoms with Crippen molar-refractivity contribution in [1.29, 1.82) is 0 Å². The van der Waals surface area contributed by atoms with Gasteiger partial charge >= 0.3 is 0 Å². The smallest absolute Gasteiger partial charge is 0.0237 e. The molecule has 1 aromatic carbocycles. The van der Waals surface area contributed by atoms with Gasteiger partial charge in [-0.2, -0.15) is 0 Å². The Labute approximate surface area is 111 Å². The van der Waals surface area contributed by atoms with Crippen molar-refractivity contribution in [2.45, 2.75) is 33.4 Å². The Balaban J connectivity index is 2.04. The van der Waals surface area contributed by atoms with E-state index in [1.165, 1.54) is 30.6 Å². The second kappa shape index (κ2) is 6.35. The summed E-state index contributed by atoms with van der Waals surface area (Å²) in [4.78, 5) is 2.62. The van der Waals surface area contributed by atoms with Gasteiger partial charge in [-0.1, -0.05) is 38.1 Å². The molecule has 0 aliphatic carbocycles. The van der Waals surface area contributed by atoms with E-state index in [9.17, 15) is 0 Å². The Morgan fingerprint density at radius 3 is 2.33 bits per heavy atom. The highest BCUT2D eigenvalue weighted by Crippen LogP contribution is 2.23. The van der Waals surface area contributed by atoms with Crippen LogP contribution in [0.25, 0.3) is 0 Å². The number of nitrogens with one attached hydrogen (secondary N) is 1. The van der Waals surface area contributed by atoms with Crippen LogP contribution in [0.4, 0.5) is 0 Å². The summed E-state index contributed by atoms with van der Waals surface area (Å²) in [6.07, 6.45) is 1.38. The highest BCUT2D eigenvalue weighted by molar-refractivity contribution is 5.27. The number of nitrogens with zero attached hydrogens (tertiary/aromatic N) is 1. The first-order chi connectivity index (χ1) is 8.69. The van der Waals surface area contributed by atoms with E-state index in [0.717, 1.165) is 24.9 Å². The molecule has 2 unspecified atom stereocenters. The van der Waals surface area contributed by atoms with E-state index in [1.807, 2.05) is 7.05 Å². The van der Waals surface area contributed by atoms with Crippen molar-refractivity contribution in [1.82, 2.24) is 10.2 Å². The number of piperidine rings is 1. The summed E-state index contributed by atoms with van der Waals surface area (Å²) in [5.74, 6) is 1.68. The highest BCUT2D eigenvalue weighted by atomic mass is 15.1. The van der Waals surface area contributed by atoms with Crippen molar-refractivity contribution in [3.8, 4) is 0 Å². The zero-order chi connectivity index (χ0) is 13.0. The maximum absolute atomic E-state index is 3.26. The summed E-state index contributed by atoms with van der Waals surface area (Å²) in [5, 5.41) is 3.26. The molecule has 1 N–H and O–H groups in total. The van der Waals surface area contributed by atoms with Crippen LogP contribution in [0.5, 0.6) is 0 Å². The molecule has 2 rings (SSSR count). The molecule has 1 aromatic rings. The quantitative estimate of drug-likeness (QED) is 0.879. The van der Waals surface area contributed by atoms with Gasteiger partial charge in [0.15, 0.2) is 0 Å². The minimum Gasteiger partial charge on any atom is -0.316 e. The summed E-state index contributed by atoms with van der Waals surface area (Å²) < 4.78 is 0. The van der Waals surface area contributed by atoms with Gasteiger partial charge in [-0.25, -0.2) is 0 Å². The zero-order valence-electron chi connectivity index (χ0n) is 11.9. The van der Waals surface area contributed by atoms with Gasteiger partial charge in [0.25, 0.3) is 0 Å². The fourth-order valence-electron chi connectivity index (χ4n) is 3.24. The molecule has 1 heterocycles. The third-order valence-corrected chi connectivity index (χ3v) is 3.82. The van der Waals surface area contributed by atoms with E-state index >= 15 is 0 Å². The largest absolute Gasteiger partial charge is 0.316 e. The molecule has 1 aliphatic heterocycles. The maximum Gasteiger partial charge on any atom is 0.0237 e. The molecule has 1 aliphatic rings. The Hall–Kier alpha value is -0.860. The minimum absolute atomic E-state index is 0.838. The fourth-order valence-corrected chi connectivity index (χ4v) is 3.24. The standard InChI is InChI=1S/C16H26N2/c1-13-8-14(2)11-18(10-13)12-16-7-5-4-6-15(16)9-17-3/h4-7,13-14,17H,8-12H2,1-3H3. The lowest BCUT2D eigenvalue weighted by molar-refractivity contribution is 0.134. The third-order valence-electron chi connectivity index (χ3n) is 3.82. The molecule has 0 spiro atoms. The summed E-state index contributed by atoms with van der Waals surface area (Å²) in [5.41, 5.74) is 2.92. The van der Waals surface area contributed by atoms with E-state index in [0.29, 0.717) is 0 Å². The van der Waals surface area contributed by atoms with Crippen LogP contribution in [0.15, 0.2) is 24.3 Å². The summed E-state index contributed by atoms with van der Waals surface area (Å²) in [6.45, 7) is 9.32. The second-order valence-electron chi connectivity index (χ2n) is 5.94. The number of likely N-dealkylation sites (tertiary alicyclic amines) is 1. The average Bonchev–Trinajstić information content (AvgIpc) is 2.30. The molecular weight excluding hydrogens is 220 g/mol. The Morgan fingerprint density at radius 2 is 1.72 bits per heavy atom. The van der Waals surface area contributed by atoms with Gasteiger partial charge in [-0.05, 0) is 36.4 Å². The van der Waals surface area contributed by atoms with E-state index in [2.05, 4.69) is 48.3 Å². The molecule has 0 radical (unpaired) electrons. The van der Waals surface area contributed by atoms with Gasteiger partial charge in [0.2, 0.25) is 0 Å². The van der Waals surface area contributed by atoms with Gasteiger partial charge < -0.3 is 5.32 Å². The summed E-state index contributed by atoms with van der Waals surface area (Å²) in [6, 6.07) is 8.81. The number of benzene rings is 1. The van der Waals surface area contributed by atoms with Crippen molar-refractivity contribution < 1.29 is 0 Å². The minimum atomic E-state index is 0.838. The van der Waals surface area contributed by atoms with Crippen molar-refractivity contribution >= 4 is 0 Å². The number of hydrogen-bond acceptors (Lipinski definition) is 2. The molecule has 0 saturated carbocycles. The topological polar surface area (TPSA) is 15.3 Å². The number of rotatable bonds is 4. The second-order valence-corrected chi connectivity index (χ2v) is 5.94. The van der Waals surface area contributed by atoms with Crippen molar-refractivity contribution in [3.63, 3.8) is 0 Å². The van der Waals surface area contributed by atoms with Crippen LogP contribution < -0.4 is 5.32 Å². The molecule has 18 heavy (non-hydrogen) atoms. The van der Waals surface area contributed by atoms with E-state index in [-0.39, 0.29) is 0 Å². The molecule has 0 aromatic heterocycles. The van der Waals surface area contributed by atoms with Crippen LogP contribution in [-0.2, 0) is 13.1 Å². The predicted octanol–water partition coefficient (Wildman–Crippen LogP) is 2.88. The molecule has 100 valence electrons. The molecule has 2 nitrogen and oxygen atoms in total. The molecule has 0 bridgehead atoms. The molecule has 2 atom stereocenters. The van der Waals surface area contributed by atoms with Crippen LogP contribution in [0.1, 0.15) is 31.4 Å². The molecular formula is C16H26N2. The maximum atomic E-state index is 3.26. The number of hydrogen-bond donors (Lipinski definition) is 1. The Kier molecular flexibility index (Phi) is 4.79. The Morgan fingerprint density at radius 1 is 1.11 bits per heavy atom. The van der Waals surface area contributed by atoms with Gasteiger partial charge in [0, 0.05) is 26.2 Å². The van der Waals surface area contributed by atoms with Crippen molar-refractivity contribution in [2.24, 2.45) is 11.8 Å². The first kappa shape index (κ1) is 13.6. The van der Waals surface area contributed by atoms with Crippen LogP contribution in [0, 0.1) is 11.8 Å². The van der Waals surface area contributed by atoms with Crippen LogP contribution in [0.3, 0.4) is 0 Å². The van der Waals surface area contributed by atoms with Crippen LogP contribution >= 0.6 is 0 Å². The average molecular weight is 246 g/mol. The summed E-state index contributed by atoms with van der Waals surface area (Å²) >= 11 is 0. The lowest BCUT2D eigenvalue weighted by Crippen LogP contribution is -2.38. The lowest BCUT2D eigenvalue weighted by Gasteiger charge is -2.35. The van der Waals surface area contributed by atoms with Gasteiger partial charge in [-0.3, -0.25) is 4.90 Å². The SMILES string of the molecule is CNCc1ccccc1CN1CC(C)CC(C)C1. The van der Waals surface area contributed by atoms with E-state index < -0.39 is 0 Å². The predicted molar refractivity (Wildman–Crippen MR) is 77.4 cm³/mol. The third kappa shape index (κ3) is 3.56. The zero-order valence-corrected chi connectivity index (χ0v) is 11.9. The van der Waals surface area contributed by atoms with Gasteiger partial charge in [0.05, 0.1) is 0 Å². The summed E-state index contributed by atoms with van der Waals surface area (Å²) in [7, 11) is 2.02. The highest BCUT2D eigenvalue weighted by Gasteiger charge is 2.22. The van der Waals surface area contributed by atoms with Crippen molar-refractivity contribution in [2.75, 3.05) is 20.1 Å². The molecule has 1 saturated heterocycles. The lowest BCUT2D eigenvalue weighted by atomic mass is 9.91.